The Morgan fingerprint density at radius 2 is 2.28 bits per heavy atom. The summed E-state index contributed by atoms with van der Waals surface area (Å²) in [7, 11) is 0. The minimum absolute atomic E-state index is 0.429. The Balaban J connectivity index is 2.08. The molecule has 0 aliphatic heterocycles. The first-order chi connectivity index (χ1) is 8.54. The lowest BCUT2D eigenvalue weighted by Gasteiger charge is -2.04. The Morgan fingerprint density at radius 1 is 1.50 bits per heavy atom. The molecule has 0 aliphatic carbocycles. The van der Waals surface area contributed by atoms with Crippen molar-refractivity contribution in [3.05, 3.63) is 34.6 Å². The lowest BCUT2D eigenvalue weighted by Crippen LogP contribution is -2.05. The van der Waals surface area contributed by atoms with Crippen molar-refractivity contribution in [2.75, 3.05) is 5.32 Å². The molecule has 0 spiro atoms. The van der Waals surface area contributed by atoms with Crippen molar-refractivity contribution in [3.8, 4) is 0 Å². The van der Waals surface area contributed by atoms with E-state index in [2.05, 4.69) is 14.7 Å². The second-order valence-corrected chi connectivity index (χ2v) is 5.32. The third kappa shape index (κ3) is 3.41. The zero-order valence-electron chi connectivity index (χ0n) is 10.1. The van der Waals surface area contributed by atoms with Crippen LogP contribution in [0.5, 0.6) is 0 Å². The normalized spacial score (nSPS) is 12.4. The van der Waals surface area contributed by atoms with Crippen LogP contribution in [0.25, 0.3) is 0 Å². The van der Waals surface area contributed by atoms with Crippen LogP contribution in [-0.4, -0.2) is 20.6 Å². The van der Waals surface area contributed by atoms with E-state index in [1.54, 1.807) is 6.92 Å². The van der Waals surface area contributed by atoms with Crippen molar-refractivity contribution >= 4 is 34.0 Å². The van der Waals surface area contributed by atoms with Crippen molar-refractivity contribution in [3.63, 3.8) is 0 Å². The molecule has 6 heteroatoms. The average molecular weight is 284 g/mol. The van der Waals surface area contributed by atoms with Gasteiger partial charge in [-0.2, -0.15) is 4.37 Å². The second kappa shape index (κ2) is 5.65. The second-order valence-electron chi connectivity index (χ2n) is 4.16. The maximum absolute atomic E-state index is 9.26. The quantitative estimate of drug-likeness (QED) is 0.905. The maximum atomic E-state index is 9.26. The molecule has 18 heavy (non-hydrogen) atoms. The van der Waals surface area contributed by atoms with Crippen LogP contribution >= 0.6 is 23.1 Å². The van der Waals surface area contributed by atoms with Crippen LogP contribution in [0.2, 0.25) is 5.02 Å². The highest BCUT2D eigenvalue weighted by atomic mass is 35.5. The van der Waals surface area contributed by atoms with E-state index in [9.17, 15) is 5.11 Å². The molecule has 2 aromatic rings. The molecule has 4 nitrogen and oxygen atoms in total. The van der Waals surface area contributed by atoms with Gasteiger partial charge in [-0.25, -0.2) is 4.98 Å². The standard InChI is InChI=1S/C12H14ClN3OS/c1-7-3-4-9(6-10(7)13)14-12-15-11(16-18-12)5-8(2)17/h3-4,6,8,17H,5H2,1-2H3,(H,14,15,16)/t8-/m0/s1. The molecule has 1 aromatic carbocycles. The molecule has 1 aromatic heterocycles. The fourth-order valence-corrected chi connectivity index (χ4v) is 2.24. The van der Waals surface area contributed by atoms with Crippen molar-refractivity contribution < 1.29 is 5.11 Å². The Morgan fingerprint density at radius 3 is 2.94 bits per heavy atom. The number of benzene rings is 1. The van der Waals surface area contributed by atoms with E-state index in [0.717, 1.165) is 11.3 Å². The number of aliphatic hydroxyl groups is 1. The molecule has 2 N–H and O–H groups in total. The lowest BCUT2D eigenvalue weighted by atomic mass is 10.2. The molecular weight excluding hydrogens is 270 g/mol. The van der Waals surface area contributed by atoms with Crippen molar-refractivity contribution in [2.45, 2.75) is 26.4 Å². The van der Waals surface area contributed by atoms with Gasteiger partial charge in [0.15, 0.2) is 0 Å². The molecule has 0 radical (unpaired) electrons. The fraction of sp³-hybridized carbons (Fsp3) is 0.333. The molecule has 0 fully saturated rings. The van der Waals surface area contributed by atoms with Crippen LogP contribution in [0.3, 0.4) is 0 Å². The number of rotatable bonds is 4. The average Bonchev–Trinajstić information content (AvgIpc) is 2.70. The predicted octanol–water partition coefficient (Wildman–Crippen LogP) is 3.17. The van der Waals surface area contributed by atoms with Gasteiger partial charge in [0.2, 0.25) is 5.13 Å². The Hall–Kier alpha value is -1.17. The molecule has 1 heterocycles. The van der Waals surface area contributed by atoms with Gasteiger partial charge >= 0.3 is 0 Å². The minimum atomic E-state index is -0.429. The number of anilines is 2. The summed E-state index contributed by atoms with van der Waals surface area (Å²) in [6.07, 6.45) is 0.0357. The number of hydrogen-bond donors (Lipinski definition) is 2. The highest BCUT2D eigenvalue weighted by molar-refractivity contribution is 7.09. The number of nitrogens with zero attached hydrogens (tertiary/aromatic N) is 2. The summed E-state index contributed by atoms with van der Waals surface area (Å²) in [5, 5.41) is 13.8. The summed E-state index contributed by atoms with van der Waals surface area (Å²) < 4.78 is 4.17. The largest absolute Gasteiger partial charge is 0.393 e. The third-order valence-electron chi connectivity index (χ3n) is 2.37. The van der Waals surface area contributed by atoms with Gasteiger partial charge in [-0.15, -0.1) is 0 Å². The molecule has 0 bridgehead atoms. The summed E-state index contributed by atoms with van der Waals surface area (Å²) in [5.74, 6) is 0.649. The third-order valence-corrected chi connectivity index (χ3v) is 3.44. The number of nitrogens with one attached hydrogen (secondary N) is 1. The van der Waals surface area contributed by atoms with Crippen LogP contribution in [0.1, 0.15) is 18.3 Å². The van der Waals surface area contributed by atoms with Crippen molar-refractivity contribution in [1.82, 2.24) is 9.36 Å². The number of hydrogen-bond acceptors (Lipinski definition) is 5. The first kappa shape index (κ1) is 13.3. The van der Waals surface area contributed by atoms with Gasteiger partial charge in [-0.1, -0.05) is 17.7 Å². The van der Waals surface area contributed by atoms with Gasteiger partial charge in [-0.3, -0.25) is 0 Å². The summed E-state index contributed by atoms with van der Waals surface area (Å²) in [6, 6.07) is 5.74. The summed E-state index contributed by atoms with van der Waals surface area (Å²) in [4.78, 5) is 4.29. The van der Waals surface area contributed by atoms with Crippen LogP contribution in [0, 0.1) is 6.92 Å². The lowest BCUT2D eigenvalue weighted by molar-refractivity contribution is 0.193. The monoisotopic (exact) mass is 283 g/mol. The molecule has 1 atom stereocenters. The van der Waals surface area contributed by atoms with E-state index >= 15 is 0 Å². The van der Waals surface area contributed by atoms with Gasteiger partial charge in [0.1, 0.15) is 5.82 Å². The van der Waals surface area contributed by atoms with E-state index in [1.165, 1.54) is 11.5 Å². The molecule has 2 rings (SSSR count). The zero-order chi connectivity index (χ0) is 13.1. The Bertz CT molecular complexity index is 542. The number of aromatic nitrogens is 2. The molecule has 0 amide bonds. The summed E-state index contributed by atoms with van der Waals surface area (Å²) >= 11 is 7.32. The zero-order valence-corrected chi connectivity index (χ0v) is 11.7. The van der Waals surface area contributed by atoms with E-state index in [4.69, 9.17) is 11.6 Å². The van der Waals surface area contributed by atoms with Gasteiger partial charge in [0.25, 0.3) is 0 Å². The number of aryl methyl sites for hydroxylation is 1. The molecular formula is C12H14ClN3OS. The first-order valence-corrected chi connectivity index (χ1v) is 6.73. The SMILES string of the molecule is Cc1ccc(Nc2nc(C[C@H](C)O)ns2)cc1Cl. The van der Waals surface area contributed by atoms with E-state index < -0.39 is 6.10 Å². The van der Waals surface area contributed by atoms with Crippen molar-refractivity contribution in [1.29, 1.82) is 0 Å². The summed E-state index contributed by atoms with van der Waals surface area (Å²) in [5.41, 5.74) is 1.92. The highest BCUT2D eigenvalue weighted by Gasteiger charge is 2.07. The molecule has 0 saturated carbocycles. The van der Waals surface area contributed by atoms with E-state index in [0.29, 0.717) is 22.4 Å². The van der Waals surface area contributed by atoms with Gasteiger partial charge < -0.3 is 10.4 Å². The molecule has 0 saturated heterocycles. The van der Waals surface area contributed by atoms with E-state index in [1.807, 2.05) is 25.1 Å². The fourth-order valence-electron chi connectivity index (χ4n) is 1.45. The predicted molar refractivity (Wildman–Crippen MR) is 74.8 cm³/mol. The molecule has 0 unspecified atom stereocenters. The number of halogens is 1. The Labute approximate surface area is 115 Å². The van der Waals surface area contributed by atoms with Crippen LogP contribution in [0.4, 0.5) is 10.8 Å². The first-order valence-electron chi connectivity index (χ1n) is 5.58. The topological polar surface area (TPSA) is 58.0 Å². The van der Waals surface area contributed by atoms with Gasteiger partial charge in [0, 0.05) is 28.7 Å². The summed E-state index contributed by atoms with van der Waals surface area (Å²) in [6.45, 7) is 3.67. The Kier molecular flexibility index (Phi) is 4.16. The minimum Gasteiger partial charge on any atom is -0.393 e. The maximum Gasteiger partial charge on any atom is 0.207 e. The number of aliphatic hydroxyl groups excluding tert-OH is 1. The van der Waals surface area contributed by atoms with Crippen molar-refractivity contribution in [2.24, 2.45) is 0 Å². The van der Waals surface area contributed by atoms with Crippen LogP contribution < -0.4 is 5.32 Å². The van der Waals surface area contributed by atoms with Gasteiger partial charge in [0.05, 0.1) is 6.10 Å². The highest BCUT2D eigenvalue weighted by Crippen LogP contribution is 2.24. The van der Waals surface area contributed by atoms with Crippen LogP contribution in [0.15, 0.2) is 18.2 Å². The van der Waals surface area contributed by atoms with Crippen LogP contribution in [-0.2, 0) is 6.42 Å². The van der Waals surface area contributed by atoms with Gasteiger partial charge in [-0.05, 0) is 31.5 Å². The van der Waals surface area contributed by atoms with E-state index in [-0.39, 0.29) is 0 Å². The smallest absolute Gasteiger partial charge is 0.207 e. The molecule has 96 valence electrons. The molecule has 0 aliphatic rings.